The van der Waals surface area contributed by atoms with Crippen molar-refractivity contribution >= 4 is 32.6 Å². The number of hydrogen-bond acceptors (Lipinski definition) is 3. The van der Waals surface area contributed by atoms with E-state index in [1.165, 1.54) is 12.1 Å². The van der Waals surface area contributed by atoms with Crippen molar-refractivity contribution in [2.24, 2.45) is 0 Å². The van der Waals surface area contributed by atoms with E-state index in [1.54, 1.807) is 30.3 Å². The molecule has 0 saturated heterocycles. The standard InChI is InChI=1S/C16H16ClNO3S/c1-12-7-6-10-15(13(12)2)18(11-16(17)19)22(20,21)14-8-4-3-5-9-14/h3-10H,11H2,1-2H3. The molecular formula is C16H16ClNO3S. The maximum atomic E-state index is 12.8. The van der Waals surface area contributed by atoms with Crippen LogP contribution in [0.3, 0.4) is 0 Å². The first-order valence-corrected chi connectivity index (χ1v) is 8.48. The second kappa shape index (κ2) is 6.50. The minimum atomic E-state index is -3.86. The van der Waals surface area contributed by atoms with E-state index in [0.29, 0.717) is 5.69 Å². The molecule has 4 nitrogen and oxygen atoms in total. The molecule has 0 N–H and O–H groups in total. The Kier molecular flexibility index (Phi) is 4.88. The zero-order valence-corrected chi connectivity index (χ0v) is 13.9. The normalized spacial score (nSPS) is 11.2. The Bertz CT molecular complexity index is 788. The van der Waals surface area contributed by atoms with Gasteiger partial charge in [0, 0.05) is 0 Å². The van der Waals surface area contributed by atoms with Crippen LogP contribution in [0, 0.1) is 13.8 Å². The number of carbonyl (C=O) groups excluding carboxylic acids is 1. The molecule has 0 radical (unpaired) electrons. The summed E-state index contributed by atoms with van der Waals surface area (Å²) in [5.41, 5.74) is 2.19. The Balaban J connectivity index is 2.61. The number of anilines is 1. The molecule has 0 aliphatic carbocycles. The van der Waals surface area contributed by atoms with Crippen LogP contribution in [-0.2, 0) is 14.8 Å². The van der Waals surface area contributed by atoms with E-state index < -0.39 is 21.8 Å². The summed E-state index contributed by atoms with van der Waals surface area (Å²) in [6.45, 7) is 3.29. The van der Waals surface area contributed by atoms with Crippen LogP contribution in [0.1, 0.15) is 11.1 Å². The molecule has 0 bridgehead atoms. The lowest BCUT2D eigenvalue weighted by Crippen LogP contribution is -2.35. The molecular weight excluding hydrogens is 322 g/mol. The molecule has 0 amide bonds. The average Bonchev–Trinajstić information content (AvgIpc) is 2.48. The molecule has 0 aliphatic rings. The first-order valence-electron chi connectivity index (χ1n) is 6.66. The van der Waals surface area contributed by atoms with Gasteiger partial charge in [0.05, 0.1) is 10.6 Å². The Hall–Kier alpha value is -1.85. The first-order chi connectivity index (χ1) is 10.3. The van der Waals surface area contributed by atoms with Crippen LogP contribution in [0.4, 0.5) is 5.69 Å². The number of sulfonamides is 1. The molecule has 0 heterocycles. The molecule has 0 spiro atoms. The summed E-state index contributed by atoms with van der Waals surface area (Å²) >= 11 is 5.46. The summed E-state index contributed by atoms with van der Waals surface area (Å²) in [7, 11) is -3.86. The molecule has 0 fully saturated rings. The van der Waals surface area contributed by atoms with Crippen molar-refractivity contribution in [3.05, 3.63) is 59.7 Å². The molecule has 2 aromatic rings. The monoisotopic (exact) mass is 337 g/mol. The van der Waals surface area contributed by atoms with Gasteiger partial charge in [-0.2, -0.15) is 0 Å². The lowest BCUT2D eigenvalue weighted by molar-refractivity contribution is -0.110. The second-order valence-electron chi connectivity index (χ2n) is 4.90. The van der Waals surface area contributed by atoms with Gasteiger partial charge in [0.25, 0.3) is 10.0 Å². The number of carbonyl (C=O) groups is 1. The highest BCUT2D eigenvalue weighted by Gasteiger charge is 2.27. The third-order valence-electron chi connectivity index (χ3n) is 3.44. The lowest BCUT2D eigenvalue weighted by atomic mass is 10.1. The fraction of sp³-hybridized carbons (Fsp3) is 0.188. The number of aryl methyl sites for hydroxylation is 1. The van der Waals surface area contributed by atoms with E-state index in [2.05, 4.69) is 0 Å². The van der Waals surface area contributed by atoms with Crippen molar-refractivity contribution in [2.75, 3.05) is 10.8 Å². The third kappa shape index (κ3) is 3.31. The fourth-order valence-electron chi connectivity index (χ4n) is 2.14. The SMILES string of the molecule is Cc1cccc(N(CC(=O)Cl)S(=O)(=O)c2ccccc2)c1C. The molecule has 0 saturated carbocycles. The zero-order chi connectivity index (χ0) is 16.3. The van der Waals surface area contributed by atoms with Crippen molar-refractivity contribution in [3.8, 4) is 0 Å². The summed E-state index contributed by atoms with van der Waals surface area (Å²) in [6, 6.07) is 13.3. The largest absolute Gasteiger partial charge is 0.279 e. The van der Waals surface area contributed by atoms with Gasteiger partial charge in [-0.15, -0.1) is 0 Å². The van der Waals surface area contributed by atoms with Crippen LogP contribution in [-0.4, -0.2) is 20.2 Å². The molecule has 6 heteroatoms. The molecule has 0 aliphatic heterocycles. The van der Waals surface area contributed by atoms with Gasteiger partial charge in [-0.1, -0.05) is 30.3 Å². The van der Waals surface area contributed by atoms with Crippen LogP contribution in [0.2, 0.25) is 0 Å². The van der Waals surface area contributed by atoms with Gasteiger partial charge < -0.3 is 0 Å². The maximum absolute atomic E-state index is 12.8. The summed E-state index contributed by atoms with van der Waals surface area (Å²) in [5, 5.41) is -0.736. The topological polar surface area (TPSA) is 54.5 Å². The van der Waals surface area contributed by atoms with Crippen molar-refractivity contribution in [1.29, 1.82) is 0 Å². The minimum Gasteiger partial charge on any atom is -0.279 e. The lowest BCUT2D eigenvalue weighted by Gasteiger charge is -2.25. The van der Waals surface area contributed by atoms with Gasteiger partial charge in [-0.25, -0.2) is 8.42 Å². The molecule has 2 rings (SSSR count). The average molecular weight is 338 g/mol. The van der Waals surface area contributed by atoms with Crippen molar-refractivity contribution in [1.82, 2.24) is 0 Å². The van der Waals surface area contributed by atoms with E-state index in [1.807, 2.05) is 19.9 Å². The van der Waals surface area contributed by atoms with Crippen molar-refractivity contribution < 1.29 is 13.2 Å². The van der Waals surface area contributed by atoms with Crippen LogP contribution >= 0.6 is 11.6 Å². The van der Waals surface area contributed by atoms with E-state index >= 15 is 0 Å². The summed E-state index contributed by atoms with van der Waals surface area (Å²) in [4.78, 5) is 11.5. The predicted octanol–water partition coefficient (Wildman–Crippen LogP) is 3.26. The van der Waals surface area contributed by atoms with E-state index in [9.17, 15) is 13.2 Å². The number of hydrogen-bond donors (Lipinski definition) is 0. The van der Waals surface area contributed by atoms with Crippen LogP contribution < -0.4 is 4.31 Å². The highest BCUT2D eigenvalue weighted by atomic mass is 35.5. The minimum absolute atomic E-state index is 0.119. The number of benzene rings is 2. The van der Waals surface area contributed by atoms with Crippen LogP contribution in [0.15, 0.2) is 53.4 Å². The molecule has 2 aromatic carbocycles. The predicted molar refractivity (Wildman–Crippen MR) is 87.7 cm³/mol. The van der Waals surface area contributed by atoms with Crippen LogP contribution in [0.25, 0.3) is 0 Å². The Labute approximate surface area is 135 Å². The zero-order valence-electron chi connectivity index (χ0n) is 12.3. The van der Waals surface area contributed by atoms with E-state index in [0.717, 1.165) is 15.4 Å². The Morgan fingerprint density at radius 1 is 1.05 bits per heavy atom. The number of nitrogens with zero attached hydrogens (tertiary/aromatic N) is 1. The van der Waals surface area contributed by atoms with Crippen molar-refractivity contribution in [2.45, 2.75) is 18.7 Å². The van der Waals surface area contributed by atoms with Gasteiger partial charge in [-0.05, 0) is 54.8 Å². The summed E-state index contributed by atoms with van der Waals surface area (Å²) in [5.74, 6) is 0. The highest BCUT2D eigenvalue weighted by molar-refractivity contribution is 7.92. The number of rotatable bonds is 5. The van der Waals surface area contributed by atoms with Gasteiger partial charge in [0.2, 0.25) is 5.24 Å². The second-order valence-corrected chi connectivity index (χ2v) is 7.18. The summed E-state index contributed by atoms with van der Waals surface area (Å²) < 4.78 is 26.7. The van der Waals surface area contributed by atoms with Gasteiger partial charge >= 0.3 is 0 Å². The maximum Gasteiger partial charge on any atom is 0.264 e. The molecule has 116 valence electrons. The Morgan fingerprint density at radius 3 is 2.27 bits per heavy atom. The molecule has 0 unspecified atom stereocenters. The number of halogens is 1. The molecule has 0 atom stereocenters. The quantitative estimate of drug-likeness (QED) is 0.787. The highest BCUT2D eigenvalue weighted by Crippen LogP contribution is 2.28. The Morgan fingerprint density at radius 2 is 1.68 bits per heavy atom. The van der Waals surface area contributed by atoms with Crippen molar-refractivity contribution in [3.63, 3.8) is 0 Å². The van der Waals surface area contributed by atoms with Gasteiger partial charge in [0.1, 0.15) is 6.54 Å². The molecule has 22 heavy (non-hydrogen) atoms. The van der Waals surface area contributed by atoms with Gasteiger partial charge in [0.15, 0.2) is 0 Å². The smallest absolute Gasteiger partial charge is 0.264 e. The van der Waals surface area contributed by atoms with Gasteiger partial charge in [-0.3, -0.25) is 9.10 Å². The summed E-state index contributed by atoms with van der Waals surface area (Å²) in [6.07, 6.45) is 0. The van der Waals surface area contributed by atoms with E-state index in [4.69, 9.17) is 11.6 Å². The first kappa shape index (κ1) is 16.5. The molecule has 0 aromatic heterocycles. The third-order valence-corrected chi connectivity index (χ3v) is 5.34. The van der Waals surface area contributed by atoms with E-state index in [-0.39, 0.29) is 4.90 Å². The van der Waals surface area contributed by atoms with Crippen LogP contribution in [0.5, 0.6) is 0 Å². The fourth-order valence-corrected chi connectivity index (χ4v) is 3.83.